The third-order valence-corrected chi connectivity index (χ3v) is 5.25. The van der Waals surface area contributed by atoms with Crippen LogP contribution in [-0.2, 0) is 17.8 Å². The largest absolute Gasteiger partial charge is 0.367 e. The molecule has 1 N–H and O–H groups in total. The number of amides is 1. The number of fused-ring (bicyclic) bond motifs is 1. The highest BCUT2D eigenvalue weighted by Gasteiger charge is 2.24. The maximum Gasteiger partial charge on any atom is 0.224 e. The summed E-state index contributed by atoms with van der Waals surface area (Å²) in [5, 5.41) is 3.16. The highest BCUT2D eigenvalue weighted by Crippen LogP contribution is 2.38. The van der Waals surface area contributed by atoms with E-state index in [4.69, 9.17) is 0 Å². The lowest BCUT2D eigenvalue weighted by Crippen LogP contribution is -2.30. The van der Waals surface area contributed by atoms with Crippen molar-refractivity contribution in [3.63, 3.8) is 0 Å². The molecule has 4 heteroatoms. The van der Waals surface area contributed by atoms with E-state index < -0.39 is 0 Å². The van der Waals surface area contributed by atoms with Crippen molar-refractivity contribution >= 4 is 17.3 Å². The van der Waals surface area contributed by atoms with Gasteiger partial charge < -0.3 is 10.2 Å². The fourth-order valence-electron chi connectivity index (χ4n) is 4.09. The number of hydrogen-bond acceptors (Lipinski definition) is 2. The molecule has 0 atom stereocenters. The summed E-state index contributed by atoms with van der Waals surface area (Å²) in [7, 11) is 0. The monoisotopic (exact) mass is 382 g/mol. The smallest absolute Gasteiger partial charge is 0.224 e. The third kappa shape index (κ3) is 4.73. The van der Waals surface area contributed by atoms with Gasteiger partial charge >= 0.3 is 0 Å². The Morgan fingerprint density at radius 1 is 1.18 bits per heavy atom. The first-order chi connectivity index (χ1) is 13.1. The summed E-state index contributed by atoms with van der Waals surface area (Å²) in [6, 6.07) is 8.94. The van der Waals surface area contributed by atoms with E-state index in [-0.39, 0.29) is 17.1 Å². The Bertz CT molecular complexity index is 866. The van der Waals surface area contributed by atoms with Gasteiger partial charge in [-0.2, -0.15) is 0 Å². The van der Waals surface area contributed by atoms with E-state index in [0.29, 0.717) is 6.42 Å². The molecule has 150 valence electrons. The Kier molecular flexibility index (Phi) is 5.78. The number of carbonyl (C=O) groups excluding carboxylic acids is 1. The van der Waals surface area contributed by atoms with Crippen molar-refractivity contribution < 1.29 is 9.18 Å². The van der Waals surface area contributed by atoms with Crippen LogP contribution in [0.4, 0.5) is 15.8 Å². The number of carbonyl (C=O) groups is 1. The molecule has 0 unspecified atom stereocenters. The van der Waals surface area contributed by atoms with Gasteiger partial charge in [0.25, 0.3) is 0 Å². The lowest BCUT2D eigenvalue weighted by Gasteiger charge is -2.34. The van der Waals surface area contributed by atoms with E-state index in [1.807, 2.05) is 12.1 Å². The zero-order chi connectivity index (χ0) is 20.5. The molecule has 0 aliphatic carbocycles. The van der Waals surface area contributed by atoms with Gasteiger partial charge in [0.05, 0.1) is 0 Å². The molecular weight excluding hydrogens is 351 g/mol. The lowest BCUT2D eigenvalue weighted by atomic mass is 9.91. The first-order valence-corrected chi connectivity index (χ1v) is 10.1. The minimum atomic E-state index is -0.210. The number of nitrogens with one attached hydrogen (secondary N) is 1. The van der Waals surface area contributed by atoms with Crippen molar-refractivity contribution in [2.45, 2.75) is 60.4 Å². The molecule has 0 bridgehead atoms. The number of hydrogen-bond donors (Lipinski definition) is 1. The van der Waals surface area contributed by atoms with Gasteiger partial charge in [-0.25, -0.2) is 4.39 Å². The normalized spacial score (nSPS) is 14.0. The maximum atomic E-state index is 13.3. The summed E-state index contributed by atoms with van der Waals surface area (Å²) in [4.78, 5) is 14.9. The minimum Gasteiger partial charge on any atom is -0.367 e. The van der Waals surface area contributed by atoms with Crippen molar-refractivity contribution in [2.75, 3.05) is 16.8 Å². The highest BCUT2D eigenvalue weighted by molar-refractivity contribution is 5.94. The molecule has 2 aromatic rings. The molecule has 1 aliphatic heterocycles. The van der Waals surface area contributed by atoms with Gasteiger partial charge in [0.1, 0.15) is 5.82 Å². The van der Waals surface area contributed by atoms with Crippen molar-refractivity contribution in [1.82, 2.24) is 0 Å². The van der Waals surface area contributed by atoms with Gasteiger partial charge in [0, 0.05) is 30.9 Å². The first-order valence-electron chi connectivity index (χ1n) is 10.1. The molecule has 1 aliphatic rings. The molecule has 2 aromatic carbocycles. The number of anilines is 2. The van der Waals surface area contributed by atoms with Gasteiger partial charge in [0.2, 0.25) is 5.91 Å². The van der Waals surface area contributed by atoms with Gasteiger partial charge in [-0.05, 0) is 66.5 Å². The molecule has 3 rings (SSSR count). The molecule has 0 radical (unpaired) electrons. The second-order valence-corrected chi connectivity index (χ2v) is 9.14. The van der Waals surface area contributed by atoms with Crippen molar-refractivity contribution in [2.24, 2.45) is 5.41 Å². The average Bonchev–Trinajstić information content (AvgIpc) is 2.59. The molecule has 0 spiro atoms. The molecule has 3 nitrogen and oxygen atoms in total. The highest BCUT2D eigenvalue weighted by atomic mass is 19.1. The fraction of sp³-hybridized carbons (Fsp3) is 0.458. The van der Waals surface area contributed by atoms with E-state index in [0.717, 1.165) is 48.3 Å². The zero-order valence-electron chi connectivity index (χ0n) is 17.7. The quantitative estimate of drug-likeness (QED) is 0.728. The van der Waals surface area contributed by atoms with Gasteiger partial charge in [-0.15, -0.1) is 0 Å². The summed E-state index contributed by atoms with van der Waals surface area (Å²) in [6.07, 6.45) is 2.64. The molecule has 0 saturated carbocycles. The minimum absolute atomic E-state index is 0.0469. The number of rotatable bonds is 4. The number of aryl methyl sites for hydroxylation is 2. The van der Waals surface area contributed by atoms with Crippen LogP contribution < -0.4 is 10.2 Å². The molecule has 0 saturated heterocycles. The molecule has 0 aromatic heterocycles. The fourth-order valence-corrected chi connectivity index (χ4v) is 4.09. The average molecular weight is 383 g/mol. The summed E-state index contributed by atoms with van der Waals surface area (Å²) in [5.41, 5.74) is 6.76. The van der Waals surface area contributed by atoms with Gasteiger partial charge in [-0.3, -0.25) is 4.79 Å². The van der Waals surface area contributed by atoms with Crippen LogP contribution in [0.2, 0.25) is 0 Å². The predicted octanol–water partition coefficient (Wildman–Crippen LogP) is 5.77. The Morgan fingerprint density at radius 3 is 2.50 bits per heavy atom. The van der Waals surface area contributed by atoms with Crippen molar-refractivity contribution in [3.05, 3.63) is 58.4 Å². The number of halogens is 1. The second kappa shape index (κ2) is 7.94. The Balaban J connectivity index is 1.91. The predicted molar refractivity (Wildman–Crippen MR) is 114 cm³/mol. The van der Waals surface area contributed by atoms with Crippen LogP contribution in [0.15, 0.2) is 30.3 Å². The van der Waals surface area contributed by atoms with Gasteiger partial charge in [0.15, 0.2) is 0 Å². The molecular formula is C24H31FN2O. The number of benzene rings is 2. The van der Waals surface area contributed by atoms with Crippen LogP contribution in [0.5, 0.6) is 0 Å². The SMILES string of the molecule is Cc1cc2c(c(C)c1NC(=O)CC(C)(C)C)N(Cc1ccc(F)cc1)CCC2. The van der Waals surface area contributed by atoms with E-state index in [9.17, 15) is 9.18 Å². The Hall–Kier alpha value is -2.36. The topological polar surface area (TPSA) is 32.3 Å². The van der Waals surface area contributed by atoms with E-state index in [2.05, 4.69) is 50.9 Å². The first kappa shape index (κ1) is 20.4. The summed E-state index contributed by atoms with van der Waals surface area (Å²) < 4.78 is 13.3. The molecule has 1 amide bonds. The van der Waals surface area contributed by atoms with Crippen LogP contribution in [0.1, 0.15) is 55.9 Å². The summed E-state index contributed by atoms with van der Waals surface area (Å²) in [5.74, 6) is -0.155. The zero-order valence-corrected chi connectivity index (χ0v) is 17.7. The second-order valence-electron chi connectivity index (χ2n) is 9.14. The van der Waals surface area contributed by atoms with Crippen molar-refractivity contribution in [3.8, 4) is 0 Å². The van der Waals surface area contributed by atoms with E-state index >= 15 is 0 Å². The summed E-state index contributed by atoms with van der Waals surface area (Å²) >= 11 is 0. The number of nitrogens with zero attached hydrogens (tertiary/aromatic N) is 1. The summed E-state index contributed by atoms with van der Waals surface area (Å²) in [6.45, 7) is 12.1. The van der Waals surface area contributed by atoms with Crippen LogP contribution in [0.3, 0.4) is 0 Å². The van der Waals surface area contributed by atoms with Crippen LogP contribution in [-0.4, -0.2) is 12.5 Å². The van der Waals surface area contributed by atoms with Gasteiger partial charge in [-0.1, -0.05) is 39.0 Å². The van der Waals surface area contributed by atoms with Crippen LogP contribution >= 0.6 is 0 Å². The van der Waals surface area contributed by atoms with E-state index in [1.165, 1.54) is 23.4 Å². The molecule has 0 fully saturated rings. The standard InChI is InChI=1S/C24H31FN2O/c1-16-13-19-7-6-12-27(15-18-8-10-20(25)11-9-18)23(19)17(2)22(16)26-21(28)14-24(3,4)5/h8-11,13H,6-7,12,14-15H2,1-5H3,(H,26,28). The van der Waals surface area contributed by atoms with E-state index in [1.54, 1.807) is 0 Å². The Morgan fingerprint density at radius 2 is 1.86 bits per heavy atom. The van der Waals surface area contributed by atoms with Crippen LogP contribution in [0.25, 0.3) is 0 Å². The maximum absolute atomic E-state index is 13.3. The molecule has 28 heavy (non-hydrogen) atoms. The van der Waals surface area contributed by atoms with Crippen LogP contribution in [0, 0.1) is 25.1 Å². The third-order valence-electron chi connectivity index (χ3n) is 5.25. The lowest BCUT2D eigenvalue weighted by molar-refractivity contribution is -0.117. The van der Waals surface area contributed by atoms with Crippen molar-refractivity contribution in [1.29, 1.82) is 0 Å². The molecule has 1 heterocycles. The Labute approximate surface area is 167 Å².